The predicted octanol–water partition coefficient (Wildman–Crippen LogP) is 2.06. The van der Waals surface area contributed by atoms with Gasteiger partial charge in [0, 0.05) is 29.7 Å². The minimum absolute atomic E-state index is 0.130. The molecule has 0 radical (unpaired) electrons. The fourth-order valence-electron chi connectivity index (χ4n) is 4.07. The Bertz CT molecular complexity index is 1130. The molecule has 5 rings (SSSR count). The molecule has 2 N–H and O–H groups in total. The first-order chi connectivity index (χ1) is 14.5. The van der Waals surface area contributed by atoms with Gasteiger partial charge in [0.15, 0.2) is 17.0 Å². The molecule has 0 aliphatic carbocycles. The molecular formula is C21H17N3O6. The van der Waals surface area contributed by atoms with Gasteiger partial charge in [-0.05, 0) is 24.3 Å². The second-order valence-corrected chi connectivity index (χ2v) is 7.25. The molecule has 1 spiro atoms. The van der Waals surface area contributed by atoms with Crippen molar-refractivity contribution >= 4 is 29.2 Å². The molecule has 30 heavy (non-hydrogen) atoms. The van der Waals surface area contributed by atoms with Gasteiger partial charge in [-0.1, -0.05) is 18.2 Å². The zero-order valence-corrected chi connectivity index (χ0v) is 15.8. The lowest BCUT2D eigenvalue weighted by Crippen LogP contribution is -2.48. The van der Waals surface area contributed by atoms with Crippen molar-refractivity contribution in [3.63, 3.8) is 0 Å². The van der Waals surface area contributed by atoms with Crippen molar-refractivity contribution in [1.82, 2.24) is 5.01 Å². The van der Waals surface area contributed by atoms with Crippen LogP contribution >= 0.6 is 0 Å². The molecule has 2 aromatic carbocycles. The lowest BCUT2D eigenvalue weighted by atomic mass is 9.84. The Morgan fingerprint density at radius 1 is 1.13 bits per heavy atom. The number of para-hydroxylation sites is 1. The number of fused-ring (bicyclic) bond motifs is 3. The van der Waals surface area contributed by atoms with E-state index in [-0.39, 0.29) is 32.0 Å². The maximum Gasteiger partial charge on any atom is 0.303 e. The third-order valence-corrected chi connectivity index (χ3v) is 5.50. The Morgan fingerprint density at radius 2 is 1.93 bits per heavy atom. The molecule has 3 heterocycles. The van der Waals surface area contributed by atoms with Crippen molar-refractivity contribution in [3.05, 3.63) is 53.6 Å². The van der Waals surface area contributed by atoms with Gasteiger partial charge in [0.1, 0.15) is 0 Å². The molecule has 0 unspecified atom stereocenters. The Balaban J connectivity index is 1.58. The van der Waals surface area contributed by atoms with Gasteiger partial charge in [-0.15, -0.1) is 0 Å². The van der Waals surface area contributed by atoms with Crippen molar-refractivity contribution in [2.45, 2.75) is 24.8 Å². The molecule has 1 atom stereocenters. The van der Waals surface area contributed by atoms with Crippen LogP contribution in [0.2, 0.25) is 0 Å². The van der Waals surface area contributed by atoms with E-state index in [1.165, 1.54) is 0 Å². The molecule has 3 aliphatic rings. The minimum Gasteiger partial charge on any atom is -0.481 e. The van der Waals surface area contributed by atoms with E-state index in [0.717, 1.165) is 5.01 Å². The largest absolute Gasteiger partial charge is 0.481 e. The van der Waals surface area contributed by atoms with E-state index in [4.69, 9.17) is 14.6 Å². The second kappa shape index (κ2) is 6.58. The molecule has 0 bridgehead atoms. The highest BCUT2D eigenvalue weighted by atomic mass is 16.7. The number of ether oxygens (including phenoxy) is 2. The first-order valence-corrected chi connectivity index (χ1v) is 9.42. The number of carbonyl (C=O) groups excluding carboxylic acids is 2. The smallest absolute Gasteiger partial charge is 0.303 e. The number of hydrazone groups is 1. The quantitative estimate of drug-likeness (QED) is 0.801. The van der Waals surface area contributed by atoms with Gasteiger partial charge in [0.2, 0.25) is 12.7 Å². The number of nitrogens with zero attached hydrogens (tertiary/aromatic N) is 2. The van der Waals surface area contributed by atoms with Crippen molar-refractivity contribution < 1.29 is 29.0 Å². The fourth-order valence-corrected chi connectivity index (χ4v) is 4.07. The second-order valence-electron chi connectivity index (χ2n) is 7.25. The normalized spacial score (nSPS) is 20.9. The summed E-state index contributed by atoms with van der Waals surface area (Å²) < 4.78 is 10.8. The highest BCUT2D eigenvalue weighted by molar-refractivity contribution is 6.15. The summed E-state index contributed by atoms with van der Waals surface area (Å²) in [5.74, 6) is -0.804. The van der Waals surface area contributed by atoms with E-state index >= 15 is 0 Å². The third-order valence-electron chi connectivity index (χ3n) is 5.50. The number of aliphatic carboxylic acids is 1. The molecule has 2 aromatic rings. The van der Waals surface area contributed by atoms with Crippen LogP contribution in [0.3, 0.4) is 0 Å². The van der Waals surface area contributed by atoms with E-state index in [9.17, 15) is 14.4 Å². The van der Waals surface area contributed by atoms with E-state index in [0.29, 0.717) is 34.0 Å². The molecule has 0 fully saturated rings. The van der Waals surface area contributed by atoms with Crippen molar-refractivity contribution in [2.24, 2.45) is 5.10 Å². The van der Waals surface area contributed by atoms with Gasteiger partial charge in [-0.3, -0.25) is 14.4 Å². The third kappa shape index (κ3) is 2.62. The number of hydrogen-bond donors (Lipinski definition) is 2. The standard InChI is InChI=1S/C21H17N3O6/c25-18(7-8-19(26)27)24-21(13-3-1-2-4-14(13)22-20(21)28)10-15(23-24)12-5-6-16-17(9-12)30-11-29-16/h1-6,9H,7-8,10-11H2,(H,22,28)(H,26,27)/t21-/m1/s1. The number of carbonyl (C=O) groups is 3. The van der Waals surface area contributed by atoms with Gasteiger partial charge in [0.05, 0.1) is 12.1 Å². The number of amides is 2. The van der Waals surface area contributed by atoms with Crippen LogP contribution in [0.5, 0.6) is 11.5 Å². The number of nitrogens with one attached hydrogen (secondary N) is 1. The highest BCUT2D eigenvalue weighted by Crippen LogP contribution is 2.48. The van der Waals surface area contributed by atoms with Crippen LogP contribution in [0.4, 0.5) is 5.69 Å². The van der Waals surface area contributed by atoms with Crippen LogP contribution < -0.4 is 14.8 Å². The molecule has 3 aliphatic heterocycles. The number of carboxylic acid groups (broad SMARTS) is 1. The summed E-state index contributed by atoms with van der Waals surface area (Å²) >= 11 is 0. The monoisotopic (exact) mass is 407 g/mol. The van der Waals surface area contributed by atoms with Crippen molar-refractivity contribution in [2.75, 3.05) is 12.1 Å². The average Bonchev–Trinajstić information content (AvgIpc) is 3.43. The zero-order chi connectivity index (χ0) is 20.9. The van der Waals surface area contributed by atoms with Crippen LogP contribution in [-0.2, 0) is 19.9 Å². The Labute approximate surface area is 170 Å². The molecular weight excluding hydrogens is 390 g/mol. The zero-order valence-electron chi connectivity index (χ0n) is 15.8. The lowest BCUT2D eigenvalue weighted by Gasteiger charge is -2.30. The lowest BCUT2D eigenvalue weighted by molar-refractivity contribution is -0.146. The van der Waals surface area contributed by atoms with Crippen LogP contribution in [-0.4, -0.2) is 40.4 Å². The first-order valence-electron chi connectivity index (χ1n) is 9.42. The van der Waals surface area contributed by atoms with E-state index < -0.39 is 17.4 Å². The number of hydrogen-bond acceptors (Lipinski definition) is 6. The van der Waals surface area contributed by atoms with E-state index in [2.05, 4.69) is 10.4 Å². The highest BCUT2D eigenvalue weighted by Gasteiger charge is 2.57. The van der Waals surface area contributed by atoms with Crippen LogP contribution in [0.15, 0.2) is 47.6 Å². The molecule has 9 heteroatoms. The summed E-state index contributed by atoms with van der Waals surface area (Å²) in [7, 11) is 0. The number of anilines is 1. The Morgan fingerprint density at radius 3 is 2.77 bits per heavy atom. The summed E-state index contributed by atoms with van der Waals surface area (Å²) in [5.41, 5.74) is 1.13. The molecule has 0 aromatic heterocycles. The van der Waals surface area contributed by atoms with Gasteiger partial charge in [0.25, 0.3) is 5.91 Å². The van der Waals surface area contributed by atoms with E-state index in [1.54, 1.807) is 42.5 Å². The first kappa shape index (κ1) is 18.2. The van der Waals surface area contributed by atoms with Crippen molar-refractivity contribution in [1.29, 1.82) is 0 Å². The number of benzene rings is 2. The molecule has 2 amide bonds. The molecule has 152 valence electrons. The number of carboxylic acids is 1. The maximum atomic E-state index is 13.1. The summed E-state index contributed by atoms with van der Waals surface area (Å²) in [4.78, 5) is 37.1. The van der Waals surface area contributed by atoms with E-state index in [1.807, 2.05) is 0 Å². The molecule has 0 saturated heterocycles. The Hall–Kier alpha value is -3.88. The maximum absolute atomic E-state index is 13.1. The minimum atomic E-state index is -1.35. The fraction of sp³-hybridized carbons (Fsp3) is 0.238. The number of rotatable bonds is 4. The van der Waals surface area contributed by atoms with Gasteiger partial charge >= 0.3 is 5.97 Å². The average molecular weight is 407 g/mol. The molecule has 0 saturated carbocycles. The topological polar surface area (TPSA) is 118 Å². The summed E-state index contributed by atoms with van der Waals surface area (Å²) in [6, 6.07) is 12.4. The molecule has 9 nitrogen and oxygen atoms in total. The Kier molecular flexibility index (Phi) is 3.99. The van der Waals surface area contributed by atoms with Crippen molar-refractivity contribution in [3.8, 4) is 11.5 Å². The van der Waals surface area contributed by atoms with Gasteiger partial charge in [-0.2, -0.15) is 5.10 Å². The van der Waals surface area contributed by atoms with Gasteiger partial charge in [-0.25, -0.2) is 5.01 Å². The summed E-state index contributed by atoms with van der Waals surface area (Å²) in [6.45, 7) is 0.130. The van der Waals surface area contributed by atoms with Crippen LogP contribution in [0.25, 0.3) is 0 Å². The van der Waals surface area contributed by atoms with Gasteiger partial charge < -0.3 is 19.9 Å². The summed E-state index contributed by atoms with van der Waals surface area (Å²) in [6.07, 6.45) is -0.442. The summed E-state index contributed by atoms with van der Waals surface area (Å²) in [5, 5.41) is 17.5. The van der Waals surface area contributed by atoms with Crippen LogP contribution in [0.1, 0.15) is 30.4 Å². The predicted molar refractivity (Wildman–Crippen MR) is 104 cm³/mol. The van der Waals surface area contributed by atoms with Crippen LogP contribution in [0, 0.1) is 0 Å². The SMILES string of the molecule is O=C(O)CCC(=O)N1N=C(c2ccc3c(c2)OCO3)C[C@@]12C(=O)Nc1ccccc12.